The lowest BCUT2D eigenvalue weighted by Crippen LogP contribution is -2.11. The van der Waals surface area contributed by atoms with E-state index in [9.17, 15) is 4.21 Å². The van der Waals surface area contributed by atoms with Gasteiger partial charge in [0.25, 0.3) is 5.88 Å². The predicted molar refractivity (Wildman–Crippen MR) is 176 cm³/mol. The fourth-order valence-electron chi connectivity index (χ4n) is 5.06. The van der Waals surface area contributed by atoms with Gasteiger partial charge in [0.2, 0.25) is 11.4 Å². The number of imidazole rings is 1. The Morgan fingerprint density at radius 1 is 0.872 bits per heavy atom. The van der Waals surface area contributed by atoms with Crippen LogP contribution < -0.4 is 23.1 Å². The minimum atomic E-state index is -1.84. The lowest BCUT2D eigenvalue weighted by Gasteiger charge is -2.13. The minimum absolute atomic E-state index is 0.197. The molecule has 15 heteroatoms. The van der Waals surface area contributed by atoms with Gasteiger partial charge in [-0.3, -0.25) is 14.4 Å². The van der Waals surface area contributed by atoms with Crippen molar-refractivity contribution in [3.05, 3.63) is 90.1 Å². The Morgan fingerprint density at radius 2 is 1.66 bits per heavy atom. The number of rotatable bonds is 10. The van der Waals surface area contributed by atoms with Crippen molar-refractivity contribution in [2.45, 2.75) is 20.8 Å². The first kappa shape index (κ1) is 29.7. The zero-order chi connectivity index (χ0) is 32.7. The lowest BCUT2D eigenvalue weighted by atomic mass is 10.1. The highest BCUT2D eigenvalue weighted by Gasteiger charge is 2.26. The van der Waals surface area contributed by atoms with Crippen LogP contribution in [-0.4, -0.2) is 57.8 Å². The van der Waals surface area contributed by atoms with Gasteiger partial charge in [-0.1, -0.05) is 30.3 Å². The van der Waals surface area contributed by atoms with Crippen LogP contribution in [-0.2, 0) is 11.3 Å². The average Bonchev–Trinajstić information content (AvgIpc) is 3.76. The number of ether oxygens (including phenoxy) is 3. The second kappa shape index (κ2) is 12.1. The summed E-state index contributed by atoms with van der Waals surface area (Å²) in [5.74, 6) is 2.49. The summed E-state index contributed by atoms with van der Waals surface area (Å²) in [7, 11) is 3.09. The van der Waals surface area contributed by atoms with Crippen molar-refractivity contribution in [2.24, 2.45) is 0 Å². The molecule has 0 radical (unpaired) electrons. The van der Waals surface area contributed by atoms with E-state index < -0.39 is 11.3 Å². The van der Waals surface area contributed by atoms with Gasteiger partial charge in [0, 0.05) is 5.56 Å². The molecule has 0 aliphatic carbocycles. The van der Waals surface area contributed by atoms with E-state index in [0.29, 0.717) is 62.6 Å². The van der Waals surface area contributed by atoms with Gasteiger partial charge in [0.05, 0.1) is 25.6 Å². The molecule has 4 aromatic heterocycles. The number of hydrogen-bond acceptors (Lipinski definition) is 10. The van der Waals surface area contributed by atoms with Gasteiger partial charge in [-0.15, -0.1) is 9.73 Å². The molecule has 0 saturated carbocycles. The summed E-state index contributed by atoms with van der Waals surface area (Å²) in [5.41, 5.74) is 5.96. The third-order valence-electron chi connectivity index (χ3n) is 7.42. The van der Waals surface area contributed by atoms with E-state index in [-0.39, 0.29) is 5.88 Å². The first-order valence-corrected chi connectivity index (χ1v) is 15.5. The Bertz CT molecular complexity index is 2270. The van der Waals surface area contributed by atoms with Gasteiger partial charge in [-0.2, -0.15) is 4.21 Å². The molecule has 0 fully saturated rings. The van der Waals surface area contributed by atoms with Crippen molar-refractivity contribution < 1.29 is 22.6 Å². The molecule has 0 aliphatic heterocycles. The van der Waals surface area contributed by atoms with Crippen molar-refractivity contribution in [3.63, 3.8) is 0 Å². The molecular weight excluding hydrogens is 622 g/mol. The van der Waals surface area contributed by atoms with Gasteiger partial charge < -0.3 is 18.4 Å². The molecular formula is C32H29N9O5S. The van der Waals surface area contributed by atoms with Crippen LogP contribution >= 0.6 is 0 Å². The van der Waals surface area contributed by atoms with Gasteiger partial charge in [-0.25, -0.2) is 19.9 Å². The summed E-state index contributed by atoms with van der Waals surface area (Å²) >= 11 is -1.84. The highest BCUT2D eigenvalue weighted by Crippen LogP contribution is 2.42. The standard InChI is InChI=1S/C32H29N9O5S/c1-18-12-13-19(2)25(14-18)46-47(42)39-22-9-6-8-21(15-22)29-36-31-27(40-17-35-26-20(3)33-16-34-30(26)40)32(38-41(31)37-29)45-28-23(43-4)10-7-11-24(28)44-5/h6-17,39H,1-5H3,(H,36,37). The highest BCUT2D eigenvalue weighted by atomic mass is 32.2. The Labute approximate surface area is 271 Å². The number of hydrogen-bond donors (Lipinski definition) is 2. The smallest absolute Gasteiger partial charge is 0.316 e. The summed E-state index contributed by atoms with van der Waals surface area (Å²) in [6.45, 7) is 5.71. The van der Waals surface area contributed by atoms with Crippen LogP contribution in [0.5, 0.6) is 28.9 Å². The van der Waals surface area contributed by atoms with E-state index in [0.717, 1.165) is 16.8 Å². The third-order valence-corrected chi connectivity index (χ3v) is 8.15. The van der Waals surface area contributed by atoms with Crippen LogP contribution in [0.4, 0.5) is 5.69 Å². The first-order valence-electron chi connectivity index (χ1n) is 14.4. The van der Waals surface area contributed by atoms with Crippen molar-refractivity contribution in [2.75, 3.05) is 18.9 Å². The summed E-state index contributed by atoms with van der Waals surface area (Å²) < 4.78 is 42.2. The number of aromatic nitrogens is 8. The fraction of sp³-hybridized carbons (Fsp3) is 0.156. The minimum Gasteiger partial charge on any atom is -0.493 e. The second-order valence-corrected chi connectivity index (χ2v) is 11.4. The SMILES string of the molecule is COc1cccc(OC)c1Oc1nn2[nH]c(-c3cccc(NS(=O)Oc4cc(C)ccc4C)c3)nc2c1-n1cnc2c(C)ncnc21. The van der Waals surface area contributed by atoms with Gasteiger partial charge in [0.1, 0.15) is 23.9 Å². The number of fused-ring (bicyclic) bond motifs is 2. The molecule has 0 amide bonds. The van der Waals surface area contributed by atoms with E-state index in [1.807, 2.05) is 57.2 Å². The zero-order valence-electron chi connectivity index (χ0n) is 26.0. The Morgan fingerprint density at radius 3 is 2.45 bits per heavy atom. The number of aromatic amines is 1. The normalized spacial score (nSPS) is 11.9. The van der Waals surface area contributed by atoms with E-state index in [1.54, 1.807) is 49.4 Å². The maximum Gasteiger partial charge on any atom is 0.316 e. The van der Waals surface area contributed by atoms with Gasteiger partial charge >= 0.3 is 11.3 Å². The number of H-pyrrole nitrogens is 1. The zero-order valence-corrected chi connectivity index (χ0v) is 26.8. The first-order chi connectivity index (χ1) is 22.8. The topological polar surface area (TPSA) is 156 Å². The maximum atomic E-state index is 12.9. The van der Waals surface area contributed by atoms with Gasteiger partial charge in [0.15, 0.2) is 28.7 Å². The molecule has 0 spiro atoms. The maximum absolute atomic E-state index is 12.9. The lowest BCUT2D eigenvalue weighted by molar-refractivity contribution is 0.340. The number of nitrogens with one attached hydrogen (secondary N) is 2. The van der Waals surface area contributed by atoms with Crippen LogP contribution in [0.2, 0.25) is 0 Å². The van der Waals surface area contributed by atoms with Crippen LogP contribution in [0.25, 0.3) is 33.9 Å². The van der Waals surface area contributed by atoms with Gasteiger partial charge in [-0.05, 0) is 62.2 Å². The molecule has 47 heavy (non-hydrogen) atoms. The molecule has 2 N–H and O–H groups in total. The largest absolute Gasteiger partial charge is 0.493 e. The quantitative estimate of drug-likeness (QED) is 0.189. The van der Waals surface area contributed by atoms with E-state index in [1.165, 1.54) is 11.0 Å². The molecule has 3 aromatic carbocycles. The number of nitrogens with zero attached hydrogens (tertiary/aromatic N) is 7. The number of methoxy groups -OCH3 is 2. The van der Waals surface area contributed by atoms with E-state index in [4.69, 9.17) is 28.5 Å². The molecule has 1 atom stereocenters. The van der Waals surface area contributed by atoms with Crippen LogP contribution in [0.1, 0.15) is 16.8 Å². The van der Waals surface area contributed by atoms with Crippen molar-refractivity contribution in [3.8, 4) is 46.0 Å². The number of anilines is 1. The molecule has 14 nitrogen and oxygen atoms in total. The summed E-state index contributed by atoms with van der Waals surface area (Å²) in [4.78, 5) is 18.2. The molecule has 1 unspecified atom stereocenters. The molecule has 0 bridgehead atoms. The van der Waals surface area contributed by atoms with Crippen LogP contribution in [0, 0.1) is 20.8 Å². The molecule has 0 saturated heterocycles. The molecule has 0 aliphatic rings. The Hall–Kier alpha value is -5.96. The Balaban J connectivity index is 1.28. The van der Waals surface area contributed by atoms with E-state index in [2.05, 4.69) is 24.8 Å². The summed E-state index contributed by atoms with van der Waals surface area (Å²) in [6, 6.07) is 18.4. The predicted octanol–water partition coefficient (Wildman–Crippen LogP) is 5.66. The molecule has 238 valence electrons. The second-order valence-electron chi connectivity index (χ2n) is 10.6. The number of benzene rings is 3. The fourth-order valence-corrected chi connectivity index (χ4v) is 5.76. The Kier molecular flexibility index (Phi) is 7.65. The molecule has 7 rings (SSSR count). The van der Waals surface area contributed by atoms with Crippen molar-refractivity contribution in [1.29, 1.82) is 0 Å². The van der Waals surface area contributed by atoms with Crippen LogP contribution in [0.3, 0.4) is 0 Å². The van der Waals surface area contributed by atoms with Crippen molar-refractivity contribution in [1.82, 2.24) is 39.3 Å². The highest BCUT2D eigenvalue weighted by molar-refractivity contribution is 7.82. The molecule has 4 heterocycles. The average molecular weight is 652 g/mol. The number of para-hydroxylation sites is 1. The summed E-state index contributed by atoms with van der Waals surface area (Å²) in [5, 5.41) is 7.93. The number of aryl methyl sites for hydroxylation is 3. The molecule has 7 aromatic rings. The summed E-state index contributed by atoms with van der Waals surface area (Å²) in [6.07, 6.45) is 3.10. The monoisotopic (exact) mass is 651 g/mol. The van der Waals surface area contributed by atoms with E-state index >= 15 is 0 Å². The third kappa shape index (κ3) is 5.56. The van der Waals surface area contributed by atoms with Crippen molar-refractivity contribution >= 4 is 33.8 Å². The van der Waals surface area contributed by atoms with Crippen LogP contribution in [0.15, 0.2) is 73.3 Å².